The maximum atomic E-state index is 13.6. The number of anilines is 1. The predicted molar refractivity (Wildman–Crippen MR) is 132 cm³/mol. The van der Waals surface area contributed by atoms with Gasteiger partial charge >= 0.3 is 0 Å². The number of nitrogens with one attached hydrogen (secondary N) is 1. The Balaban J connectivity index is 1.51. The summed E-state index contributed by atoms with van der Waals surface area (Å²) in [7, 11) is -3.64. The van der Waals surface area contributed by atoms with Gasteiger partial charge in [0.1, 0.15) is 4.90 Å². The molecule has 1 amide bonds. The summed E-state index contributed by atoms with van der Waals surface area (Å²) >= 11 is 0. The maximum Gasteiger partial charge on any atom is 0.251 e. The largest absolute Gasteiger partial charge is 0.370 e. The van der Waals surface area contributed by atoms with Gasteiger partial charge in [-0.25, -0.2) is 8.42 Å². The second-order valence-corrected chi connectivity index (χ2v) is 11.6. The summed E-state index contributed by atoms with van der Waals surface area (Å²) in [6.45, 7) is 6.48. The van der Waals surface area contributed by atoms with E-state index in [2.05, 4.69) is 15.1 Å². The lowest BCUT2D eigenvalue weighted by Crippen LogP contribution is -2.38. The van der Waals surface area contributed by atoms with E-state index >= 15 is 0 Å². The van der Waals surface area contributed by atoms with Crippen molar-refractivity contribution in [3.8, 4) is 0 Å². The minimum Gasteiger partial charge on any atom is -0.370 e. The Labute approximate surface area is 199 Å². The molecule has 3 aliphatic rings. The number of amides is 1. The first kappa shape index (κ1) is 24.5. The summed E-state index contributed by atoms with van der Waals surface area (Å²) in [4.78, 5) is 17.8. The second-order valence-electron chi connectivity index (χ2n) is 9.71. The second kappa shape index (κ2) is 11.7. The van der Waals surface area contributed by atoms with Crippen LogP contribution >= 0.6 is 0 Å². The van der Waals surface area contributed by atoms with Gasteiger partial charge in [0, 0.05) is 44.8 Å². The van der Waals surface area contributed by atoms with E-state index in [-0.39, 0.29) is 5.91 Å². The summed E-state index contributed by atoms with van der Waals surface area (Å²) < 4.78 is 28.9. The Morgan fingerprint density at radius 1 is 0.788 bits per heavy atom. The fourth-order valence-electron chi connectivity index (χ4n) is 5.29. The highest BCUT2D eigenvalue weighted by Gasteiger charge is 2.31. The third kappa shape index (κ3) is 6.28. The number of carbonyl (C=O) groups excluding carboxylic acids is 1. The molecule has 0 atom stereocenters. The highest BCUT2D eigenvalue weighted by molar-refractivity contribution is 7.89. The molecule has 7 nitrogen and oxygen atoms in total. The Bertz CT molecular complexity index is 885. The van der Waals surface area contributed by atoms with E-state index in [1.54, 1.807) is 16.4 Å². The molecule has 3 fully saturated rings. The molecule has 1 N–H and O–H groups in total. The Morgan fingerprint density at radius 3 is 2.03 bits per heavy atom. The zero-order chi connectivity index (χ0) is 23.1. The summed E-state index contributed by atoms with van der Waals surface area (Å²) in [6, 6.07) is 5.27. The van der Waals surface area contributed by atoms with Crippen molar-refractivity contribution < 1.29 is 13.2 Å². The van der Waals surface area contributed by atoms with Crippen molar-refractivity contribution in [2.24, 2.45) is 0 Å². The number of carbonyl (C=O) groups is 1. The van der Waals surface area contributed by atoms with Gasteiger partial charge in [-0.2, -0.15) is 4.31 Å². The molecule has 3 aliphatic heterocycles. The number of rotatable bonds is 7. The van der Waals surface area contributed by atoms with Crippen molar-refractivity contribution in [2.45, 2.75) is 69.1 Å². The van der Waals surface area contributed by atoms with E-state index in [0.29, 0.717) is 30.1 Å². The van der Waals surface area contributed by atoms with Crippen LogP contribution in [-0.4, -0.2) is 75.9 Å². The van der Waals surface area contributed by atoms with E-state index in [9.17, 15) is 13.2 Å². The van der Waals surface area contributed by atoms with E-state index < -0.39 is 10.0 Å². The molecule has 0 unspecified atom stereocenters. The smallest absolute Gasteiger partial charge is 0.251 e. The van der Waals surface area contributed by atoms with Crippen LogP contribution in [0.2, 0.25) is 0 Å². The van der Waals surface area contributed by atoms with Crippen molar-refractivity contribution in [2.75, 3.05) is 57.3 Å². The van der Waals surface area contributed by atoms with Crippen molar-refractivity contribution in [3.63, 3.8) is 0 Å². The first-order valence-electron chi connectivity index (χ1n) is 13.0. The lowest BCUT2D eigenvalue weighted by Gasteiger charge is -2.33. The zero-order valence-corrected chi connectivity index (χ0v) is 20.8. The highest BCUT2D eigenvalue weighted by atomic mass is 32.2. The van der Waals surface area contributed by atoms with Crippen LogP contribution in [0.5, 0.6) is 0 Å². The average molecular weight is 477 g/mol. The number of hydrogen-bond donors (Lipinski definition) is 1. The van der Waals surface area contributed by atoms with Crippen LogP contribution < -0.4 is 10.2 Å². The highest BCUT2D eigenvalue weighted by Crippen LogP contribution is 2.32. The maximum absolute atomic E-state index is 13.6. The standard InChI is InChI=1S/C25H40N4O3S/c30-25(26-13-20-27-14-5-1-2-6-15-27)22-11-12-23(28-16-7-3-8-17-28)24(21-22)33(31,32)29-18-9-4-10-19-29/h11-12,21H,1-10,13-20H2,(H,26,30). The minimum absolute atomic E-state index is 0.190. The third-order valence-corrected chi connectivity index (χ3v) is 9.19. The molecule has 8 heteroatoms. The molecule has 1 aromatic carbocycles. The van der Waals surface area contributed by atoms with E-state index in [0.717, 1.165) is 70.5 Å². The number of sulfonamides is 1. The number of hydrogen-bond acceptors (Lipinski definition) is 5. The summed E-state index contributed by atoms with van der Waals surface area (Å²) in [5.74, 6) is -0.190. The van der Waals surface area contributed by atoms with E-state index in [1.807, 2.05) is 6.07 Å². The van der Waals surface area contributed by atoms with Crippen LogP contribution in [-0.2, 0) is 10.0 Å². The molecule has 3 saturated heterocycles. The molecule has 3 heterocycles. The van der Waals surface area contributed by atoms with Gasteiger partial charge in [0.25, 0.3) is 5.91 Å². The fourth-order valence-corrected chi connectivity index (χ4v) is 7.05. The van der Waals surface area contributed by atoms with E-state index in [4.69, 9.17) is 0 Å². The van der Waals surface area contributed by atoms with Crippen molar-refractivity contribution in [1.29, 1.82) is 0 Å². The zero-order valence-electron chi connectivity index (χ0n) is 19.9. The van der Waals surface area contributed by atoms with Gasteiger partial charge in [-0.1, -0.05) is 19.3 Å². The van der Waals surface area contributed by atoms with Crippen molar-refractivity contribution in [3.05, 3.63) is 23.8 Å². The van der Waals surface area contributed by atoms with Gasteiger partial charge < -0.3 is 15.1 Å². The van der Waals surface area contributed by atoms with Crippen molar-refractivity contribution >= 4 is 21.6 Å². The Kier molecular flexibility index (Phi) is 8.66. The van der Waals surface area contributed by atoms with E-state index in [1.165, 1.54) is 32.1 Å². The summed E-state index contributed by atoms with van der Waals surface area (Å²) in [5, 5.41) is 3.02. The molecule has 4 rings (SSSR count). The van der Waals surface area contributed by atoms with Crippen LogP contribution in [0.3, 0.4) is 0 Å². The molecule has 33 heavy (non-hydrogen) atoms. The first-order chi connectivity index (χ1) is 16.1. The summed E-state index contributed by atoms with van der Waals surface area (Å²) in [6.07, 6.45) is 11.2. The van der Waals surface area contributed by atoms with Gasteiger partial charge in [0.05, 0.1) is 5.69 Å². The Morgan fingerprint density at radius 2 is 1.36 bits per heavy atom. The predicted octanol–water partition coefficient (Wildman–Crippen LogP) is 3.46. The topological polar surface area (TPSA) is 73.0 Å². The Hall–Kier alpha value is -1.64. The number of benzene rings is 1. The van der Waals surface area contributed by atoms with Gasteiger partial charge in [-0.05, 0) is 76.2 Å². The van der Waals surface area contributed by atoms with Gasteiger partial charge in [0.2, 0.25) is 10.0 Å². The molecule has 0 aliphatic carbocycles. The number of piperidine rings is 2. The molecule has 184 valence electrons. The number of nitrogens with zero attached hydrogens (tertiary/aromatic N) is 3. The average Bonchev–Trinajstić information content (AvgIpc) is 3.13. The van der Waals surface area contributed by atoms with Crippen LogP contribution in [0.4, 0.5) is 5.69 Å². The van der Waals surface area contributed by atoms with Gasteiger partial charge in [-0.3, -0.25) is 4.79 Å². The molecule has 1 aromatic rings. The molecule has 0 aromatic heterocycles. The fraction of sp³-hybridized carbons (Fsp3) is 0.720. The lowest BCUT2D eigenvalue weighted by atomic mass is 10.1. The normalized spacial score (nSPS) is 21.5. The molecule has 0 spiro atoms. The monoisotopic (exact) mass is 476 g/mol. The van der Waals surface area contributed by atoms with Gasteiger partial charge in [0.15, 0.2) is 0 Å². The van der Waals surface area contributed by atoms with Crippen LogP contribution in [0.1, 0.15) is 74.6 Å². The third-order valence-electron chi connectivity index (χ3n) is 7.26. The number of likely N-dealkylation sites (tertiary alicyclic amines) is 1. The molecule has 0 bridgehead atoms. The van der Waals surface area contributed by atoms with Gasteiger partial charge in [-0.15, -0.1) is 0 Å². The molecular weight excluding hydrogens is 436 g/mol. The molecule has 0 saturated carbocycles. The van der Waals surface area contributed by atoms with Crippen LogP contribution in [0.25, 0.3) is 0 Å². The van der Waals surface area contributed by atoms with Crippen LogP contribution in [0.15, 0.2) is 23.1 Å². The first-order valence-corrected chi connectivity index (χ1v) is 14.4. The SMILES string of the molecule is O=C(NCCN1CCCCCC1)c1ccc(N2CCCCC2)c(S(=O)(=O)N2CCCCC2)c1. The van der Waals surface area contributed by atoms with Crippen molar-refractivity contribution in [1.82, 2.24) is 14.5 Å². The molecular formula is C25H40N4O3S. The quantitative estimate of drug-likeness (QED) is 0.653. The summed E-state index contributed by atoms with van der Waals surface area (Å²) in [5.41, 5.74) is 1.18. The lowest BCUT2D eigenvalue weighted by molar-refractivity contribution is 0.0948. The minimum atomic E-state index is -3.64. The molecule has 0 radical (unpaired) electrons. The van der Waals surface area contributed by atoms with Crippen LogP contribution in [0, 0.1) is 0 Å².